The number of aromatic nitrogens is 5. The predicted octanol–water partition coefficient (Wildman–Crippen LogP) is 5.41. The summed E-state index contributed by atoms with van der Waals surface area (Å²) in [6, 6.07) is 13.3. The van der Waals surface area contributed by atoms with Crippen LogP contribution in [0.5, 0.6) is 0 Å². The molecular weight excluding hydrogens is 460 g/mol. The SMILES string of the molecule is Cc1nc(-c2nn(Cc3ccccc3F)c3ncccc23)nc(NCc2c(F)cccc2F)c1F. The van der Waals surface area contributed by atoms with Crippen LogP contribution < -0.4 is 5.32 Å². The van der Waals surface area contributed by atoms with Crippen molar-refractivity contribution in [2.45, 2.75) is 20.0 Å². The molecule has 0 radical (unpaired) electrons. The molecule has 0 fully saturated rings. The van der Waals surface area contributed by atoms with E-state index in [1.165, 1.54) is 23.7 Å². The van der Waals surface area contributed by atoms with E-state index in [-0.39, 0.29) is 41.8 Å². The number of rotatable bonds is 6. The highest BCUT2D eigenvalue weighted by atomic mass is 19.1. The summed E-state index contributed by atoms with van der Waals surface area (Å²) >= 11 is 0. The van der Waals surface area contributed by atoms with E-state index < -0.39 is 17.5 Å². The Morgan fingerprint density at radius 3 is 2.37 bits per heavy atom. The van der Waals surface area contributed by atoms with Gasteiger partial charge in [-0.15, -0.1) is 0 Å². The molecule has 0 aliphatic rings. The van der Waals surface area contributed by atoms with Gasteiger partial charge in [0.2, 0.25) is 0 Å². The van der Waals surface area contributed by atoms with Crippen molar-refractivity contribution in [1.82, 2.24) is 24.7 Å². The smallest absolute Gasteiger partial charge is 0.186 e. The van der Waals surface area contributed by atoms with Crippen LogP contribution in [0.3, 0.4) is 0 Å². The minimum absolute atomic E-state index is 0.0206. The van der Waals surface area contributed by atoms with Crippen molar-refractivity contribution in [2.24, 2.45) is 0 Å². The second-order valence-electron chi connectivity index (χ2n) is 7.82. The van der Waals surface area contributed by atoms with Gasteiger partial charge in [-0.25, -0.2) is 37.2 Å². The minimum atomic E-state index is -0.757. The van der Waals surface area contributed by atoms with Gasteiger partial charge < -0.3 is 5.32 Å². The number of nitrogens with zero attached hydrogens (tertiary/aromatic N) is 5. The third-order valence-corrected chi connectivity index (χ3v) is 5.51. The van der Waals surface area contributed by atoms with E-state index in [9.17, 15) is 17.6 Å². The average molecular weight is 478 g/mol. The zero-order valence-electron chi connectivity index (χ0n) is 18.4. The molecule has 5 aromatic rings. The van der Waals surface area contributed by atoms with Gasteiger partial charge >= 0.3 is 0 Å². The minimum Gasteiger partial charge on any atom is -0.363 e. The Morgan fingerprint density at radius 2 is 1.60 bits per heavy atom. The fraction of sp³-hybridized carbons (Fsp3) is 0.120. The summed E-state index contributed by atoms with van der Waals surface area (Å²) in [6.45, 7) is 1.24. The summed E-state index contributed by atoms with van der Waals surface area (Å²) in [4.78, 5) is 12.8. The number of aryl methyl sites for hydroxylation is 1. The van der Waals surface area contributed by atoms with Gasteiger partial charge in [0, 0.05) is 23.9 Å². The van der Waals surface area contributed by atoms with Crippen LogP contribution in [0.15, 0.2) is 60.8 Å². The highest BCUT2D eigenvalue weighted by Crippen LogP contribution is 2.28. The average Bonchev–Trinajstić information content (AvgIpc) is 3.21. The molecule has 35 heavy (non-hydrogen) atoms. The number of benzene rings is 2. The molecule has 6 nitrogen and oxygen atoms in total. The number of pyridine rings is 1. The Bertz CT molecular complexity index is 1530. The summed E-state index contributed by atoms with van der Waals surface area (Å²) in [5, 5.41) is 7.79. The first-order chi connectivity index (χ1) is 16.9. The van der Waals surface area contributed by atoms with Crippen molar-refractivity contribution in [3.63, 3.8) is 0 Å². The van der Waals surface area contributed by atoms with E-state index in [0.29, 0.717) is 22.3 Å². The van der Waals surface area contributed by atoms with Crippen LogP contribution in [-0.4, -0.2) is 24.7 Å². The van der Waals surface area contributed by atoms with E-state index in [1.807, 2.05) is 0 Å². The molecule has 0 unspecified atom stereocenters. The number of anilines is 1. The molecule has 10 heteroatoms. The summed E-state index contributed by atoms with van der Waals surface area (Å²) in [5.41, 5.74) is 0.979. The topological polar surface area (TPSA) is 68.5 Å². The highest BCUT2D eigenvalue weighted by Gasteiger charge is 2.20. The summed E-state index contributed by atoms with van der Waals surface area (Å²) in [7, 11) is 0. The molecule has 3 heterocycles. The van der Waals surface area contributed by atoms with Gasteiger partial charge in [-0.05, 0) is 37.3 Å². The van der Waals surface area contributed by atoms with Crippen LogP contribution in [0.25, 0.3) is 22.6 Å². The number of hydrogen-bond donors (Lipinski definition) is 1. The van der Waals surface area contributed by atoms with Crippen molar-refractivity contribution in [1.29, 1.82) is 0 Å². The summed E-state index contributed by atoms with van der Waals surface area (Å²) in [5.74, 6) is -2.78. The van der Waals surface area contributed by atoms with Crippen molar-refractivity contribution in [3.8, 4) is 11.5 Å². The molecule has 0 aliphatic carbocycles. The fourth-order valence-electron chi connectivity index (χ4n) is 3.73. The Morgan fingerprint density at radius 1 is 0.857 bits per heavy atom. The lowest BCUT2D eigenvalue weighted by molar-refractivity contribution is 0.558. The first-order valence-electron chi connectivity index (χ1n) is 10.7. The standard InChI is InChI=1S/C25H18F4N6/c1-14-21(29)23(31-12-17-19(27)9-4-10-20(17)28)33-24(32-14)22-16-7-5-11-30-25(16)35(34-22)13-15-6-2-3-8-18(15)26/h2-11H,12-13H2,1H3,(H,31,32,33). The summed E-state index contributed by atoms with van der Waals surface area (Å²) < 4.78 is 58.6. The van der Waals surface area contributed by atoms with Gasteiger partial charge in [0.05, 0.1) is 17.6 Å². The third kappa shape index (κ3) is 4.30. The Hall–Kier alpha value is -4.34. The maximum atomic E-state index is 14.8. The first-order valence-corrected chi connectivity index (χ1v) is 10.7. The molecule has 0 saturated heterocycles. The monoisotopic (exact) mass is 478 g/mol. The predicted molar refractivity (Wildman–Crippen MR) is 122 cm³/mol. The maximum Gasteiger partial charge on any atom is 0.186 e. The molecule has 0 amide bonds. The normalized spacial score (nSPS) is 11.2. The van der Waals surface area contributed by atoms with Gasteiger partial charge in [-0.2, -0.15) is 5.10 Å². The maximum absolute atomic E-state index is 14.8. The highest BCUT2D eigenvalue weighted by molar-refractivity contribution is 5.89. The van der Waals surface area contributed by atoms with Gasteiger partial charge in [0.25, 0.3) is 0 Å². The molecule has 2 aromatic carbocycles. The van der Waals surface area contributed by atoms with Gasteiger partial charge in [0.1, 0.15) is 23.1 Å². The van der Waals surface area contributed by atoms with Crippen LogP contribution >= 0.6 is 0 Å². The van der Waals surface area contributed by atoms with Crippen LogP contribution in [0.1, 0.15) is 16.8 Å². The Balaban J connectivity index is 1.55. The van der Waals surface area contributed by atoms with Gasteiger partial charge in [0.15, 0.2) is 23.1 Å². The molecule has 3 aromatic heterocycles. The number of halogens is 4. The second-order valence-corrected chi connectivity index (χ2v) is 7.82. The van der Waals surface area contributed by atoms with E-state index >= 15 is 0 Å². The summed E-state index contributed by atoms with van der Waals surface area (Å²) in [6.07, 6.45) is 1.58. The van der Waals surface area contributed by atoms with Crippen LogP contribution in [-0.2, 0) is 13.1 Å². The molecule has 0 spiro atoms. The van der Waals surface area contributed by atoms with E-state index in [1.54, 1.807) is 36.5 Å². The molecule has 0 aliphatic heterocycles. The van der Waals surface area contributed by atoms with E-state index in [4.69, 9.17) is 0 Å². The Kier molecular flexibility index (Phi) is 5.86. The first kappa shape index (κ1) is 22.5. The van der Waals surface area contributed by atoms with Crippen LogP contribution in [0.2, 0.25) is 0 Å². The molecule has 0 atom stereocenters. The number of fused-ring (bicyclic) bond motifs is 1. The van der Waals surface area contributed by atoms with Crippen molar-refractivity contribution >= 4 is 16.9 Å². The van der Waals surface area contributed by atoms with Crippen molar-refractivity contribution in [3.05, 3.63) is 101 Å². The van der Waals surface area contributed by atoms with Crippen LogP contribution in [0, 0.1) is 30.2 Å². The lowest BCUT2D eigenvalue weighted by Crippen LogP contribution is -2.10. The zero-order chi connectivity index (χ0) is 24.5. The quantitative estimate of drug-likeness (QED) is 0.331. The second kappa shape index (κ2) is 9.13. The van der Waals surface area contributed by atoms with Gasteiger partial charge in [-0.1, -0.05) is 24.3 Å². The lowest BCUT2D eigenvalue weighted by atomic mass is 10.2. The molecule has 0 bridgehead atoms. The molecule has 5 rings (SSSR count). The van der Waals surface area contributed by atoms with Gasteiger partial charge in [-0.3, -0.25) is 0 Å². The van der Waals surface area contributed by atoms with Crippen LogP contribution in [0.4, 0.5) is 23.4 Å². The van der Waals surface area contributed by atoms with E-state index in [2.05, 4.69) is 25.4 Å². The molecule has 1 N–H and O–H groups in total. The van der Waals surface area contributed by atoms with E-state index in [0.717, 1.165) is 12.1 Å². The fourth-order valence-corrected chi connectivity index (χ4v) is 3.73. The Labute approximate surface area is 197 Å². The van der Waals surface area contributed by atoms with Crippen molar-refractivity contribution in [2.75, 3.05) is 5.32 Å². The molecular formula is C25H18F4N6. The number of hydrogen-bond acceptors (Lipinski definition) is 5. The zero-order valence-corrected chi connectivity index (χ0v) is 18.4. The van der Waals surface area contributed by atoms with Crippen molar-refractivity contribution < 1.29 is 17.6 Å². The third-order valence-electron chi connectivity index (χ3n) is 5.51. The number of nitrogens with one attached hydrogen (secondary N) is 1. The molecule has 176 valence electrons. The lowest BCUT2D eigenvalue weighted by Gasteiger charge is -2.11. The molecule has 0 saturated carbocycles. The largest absolute Gasteiger partial charge is 0.363 e.